The first kappa shape index (κ1) is 13.7. The molecule has 0 radical (unpaired) electrons. The normalized spacial score (nSPS) is 11.7. The Balaban J connectivity index is 3.03. The van der Waals surface area contributed by atoms with Crippen LogP contribution in [-0.4, -0.2) is 22.1 Å². The third kappa shape index (κ3) is 4.59. The first-order valence-corrected chi connectivity index (χ1v) is 6.23. The molecule has 2 N–H and O–H groups in total. The molecule has 0 aliphatic heterocycles. The lowest BCUT2D eigenvalue weighted by atomic mass is 10.1. The van der Waals surface area contributed by atoms with Crippen molar-refractivity contribution < 1.29 is 0 Å². The molecule has 1 aromatic heterocycles. The Morgan fingerprint density at radius 2 is 1.76 bits per heavy atom. The van der Waals surface area contributed by atoms with E-state index in [1.54, 1.807) is 0 Å². The summed E-state index contributed by atoms with van der Waals surface area (Å²) in [5.41, 5.74) is 0.00604. The minimum Gasteiger partial charge on any atom is -0.370 e. The van der Waals surface area contributed by atoms with Gasteiger partial charge in [-0.3, -0.25) is 0 Å². The largest absolute Gasteiger partial charge is 0.370 e. The molecule has 0 amide bonds. The molecule has 0 atom stereocenters. The van der Waals surface area contributed by atoms with Gasteiger partial charge in [0.25, 0.3) is 0 Å². The highest BCUT2D eigenvalue weighted by Gasteiger charge is 2.13. The van der Waals surface area contributed by atoms with Crippen LogP contribution in [0.25, 0.3) is 0 Å². The van der Waals surface area contributed by atoms with Gasteiger partial charge in [-0.15, -0.1) is 0 Å². The minimum atomic E-state index is 0.00604. The van der Waals surface area contributed by atoms with Crippen molar-refractivity contribution in [2.24, 2.45) is 0 Å². The van der Waals surface area contributed by atoms with Crippen LogP contribution >= 0.6 is 0 Å². The van der Waals surface area contributed by atoms with Crippen molar-refractivity contribution in [1.82, 2.24) is 9.97 Å². The summed E-state index contributed by atoms with van der Waals surface area (Å²) in [6, 6.07) is 1.96. The van der Waals surface area contributed by atoms with E-state index in [0.29, 0.717) is 5.92 Å². The molecule has 0 saturated heterocycles. The quantitative estimate of drug-likeness (QED) is 0.842. The van der Waals surface area contributed by atoms with Gasteiger partial charge in [-0.1, -0.05) is 13.8 Å². The van der Waals surface area contributed by atoms with E-state index in [1.165, 1.54) is 0 Å². The maximum Gasteiger partial charge on any atom is 0.135 e. The summed E-state index contributed by atoms with van der Waals surface area (Å²) in [5, 5.41) is 6.62. The molecule has 96 valence electrons. The number of nitrogens with one attached hydrogen (secondary N) is 2. The van der Waals surface area contributed by atoms with Gasteiger partial charge in [-0.2, -0.15) is 0 Å². The monoisotopic (exact) mass is 236 g/mol. The highest BCUT2D eigenvalue weighted by atomic mass is 15.1. The number of nitrogens with zero attached hydrogens (tertiary/aromatic N) is 2. The lowest BCUT2D eigenvalue weighted by Gasteiger charge is -2.22. The second-order valence-corrected chi connectivity index (χ2v) is 5.56. The fraction of sp³-hybridized carbons (Fsp3) is 0.692. The van der Waals surface area contributed by atoms with E-state index in [4.69, 9.17) is 0 Å². The zero-order valence-electron chi connectivity index (χ0n) is 11.8. The van der Waals surface area contributed by atoms with Crippen molar-refractivity contribution in [3.8, 4) is 0 Å². The number of hydrogen-bond acceptors (Lipinski definition) is 4. The summed E-state index contributed by atoms with van der Waals surface area (Å²) >= 11 is 0. The SMILES string of the molecule is CCNc1cc(NC(C)(C)C)nc(C(C)C)n1. The zero-order valence-corrected chi connectivity index (χ0v) is 11.8. The van der Waals surface area contributed by atoms with Crippen LogP contribution in [0, 0.1) is 0 Å². The summed E-state index contributed by atoms with van der Waals surface area (Å²) in [5.74, 6) is 2.97. The molecule has 1 rings (SSSR count). The van der Waals surface area contributed by atoms with Gasteiger partial charge >= 0.3 is 0 Å². The van der Waals surface area contributed by atoms with Crippen LogP contribution < -0.4 is 10.6 Å². The van der Waals surface area contributed by atoms with Gasteiger partial charge in [0, 0.05) is 24.1 Å². The lowest BCUT2D eigenvalue weighted by molar-refractivity contribution is 0.627. The van der Waals surface area contributed by atoms with Crippen LogP contribution in [0.4, 0.5) is 11.6 Å². The maximum atomic E-state index is 4.54. The topological polar surface area (TPSA) is 49.8 Å². The van der Waals surface area contributed by atoms with Crippen molar-refractivity contribution in [3.05, 3.63) is 11.9 Å². The summed E-state index contributed by atoms with van der Waals surface area (Å²) < 4.78 is 0. The molecule has 1 heterocycles. The smallest absolute Gasteiger partial charge is 0.135 e. The Kier molecular flexibility index (Phi) is 4.32. The average Bonchev–Trinajstić information content (AvgIpc) is 2.14. The first-order chi connectivity index (χ1) is 7.81. The third-order valence-corrected chi connectivity index (χ3v) is 2.12. The molecule has 0 unspecified atom stereocenters. The minimum absolute atomic E-state index is 0.00604. The van der Waals surface area contributed by atoms with Gasteiger partial charge in [-0.25, -0.2) is 9.97 Å². The van der Waals surface area contributed by atoms with Crippen LogP contribution in [0.15, 0.2) is 6.07 Å². The molecule has 17 heavy (non-hydrogen) atoms. The molecule has 4 nitrogen and oxygen atoms in total. The van der Waals surface area contributed by atoms with Crippen LogP contribution in [0.3, 0.4) is 0 Å². The van der Waals surface area contributed by atoms with E-state index in [-0.39, 0.29) is 5.54 Å². The first-order valence-electron chi connectivity index (χ1n) is 6.23. The predicted molar refractivity (Wildman–Crippen MR) is 73.7 cm³/mol. The molecular formula is C13H24N4. The molecule has 4 heteroatoms. The van der Waals surface area contributed by atoms with Gasteiger partial charge in [0.05, 0.1) is 0 Å². The molecule has 0 spiro atoms. The summed E-state index contributed by atoms with van der Waals surface area (Å²) in [6.07, 6.45) is 0. The number of aromatic nitrogens is 2. The van der Waals surface area contributed by atoms with E-state index < -0.39 is 0 Å². The van der Waals surface area contributed by atoms with E-state index in [2.05, 4.69) is 62.1 Å². The molecule has 0 fully saturated rings. The summed E-state index contributed by atoms with van der Waals surface area (Å²) in [4.78, 5) is 9.03. The fourth-order valence-electron chi connectivity index (χ4n) is 1.44. The molecule has 1 aromatic rings. The molecular weight excluding hydrogens is 212 g/mol. The van der Waals surface area contributed by atoms with Crippen molar-refractivity contribution in [2.75, 3.05) is 17.2 Å². The van der Waals surface area contributed by atoms with Gasteiger partial charge < -0.3 is 10.6 Å². The van der Waals surface area contributed by atoms with Crippen LogP contribution in [0.1, 0.15) is 53.3 Å². The molecule has 0 aliphatic carbocycles. The Labute approximate surface area is 104 Å². The standard InChI is InChI=1S/C13H24N4/c1-7-14-10-8-11(17-13(4,5)6)16-12(15-10)9(2)3/h8-9H,7H2,1-6H3,(H2,14,15,16,17). The van der Waals surface area contributed by atoms with Crippen LogP contribution in [0.5, 0.6) is 0 Å². The average molecular weight is 236 g/mol. The molecule has 0 bridgehead atoms. The number of anilines is 2. The summed E-state index contributed by atoms with van der Waals surface area (Å²) in [7, 11) is 0. The maximum absolute atomic E-state index is 4.54. The lowest BCUT2D eigenvalue weighted by Crippen LogP contribution is -2.27. The zero-order chi connectivity index (χ0) is 13.1. The molecule has 0 aliphatic rings. The Morgan fingerprint density at radius 3 is 2.24 bits per heavy atom. The van der Waals surface area contributed by atoms with Gasteiger partial charge in [0.2, 0.25) is 0 Å². The third-order valence-electron chi connectivity index (χ3n) is 2.12. The number of rotatable bonds is 4. The van der Waals surface area contributed by atoms with Gasteiger partial charge in [0.15, 0.2) is 0 Å². The molecule has 0 aromatic carbocycles. The second kappa shape index (κ2) is 5.34. The van der Waals surface area contributed by atoms with Gasteiger partial charge in [-0.05, 0) is 27.7 Å². The van der Waals surface area contributed by atoms with E-state index >= 15 is 0 Å². The summed E-state index contributed by atoms with van der Waals surface area (Å²) in [6.45, 7) is 13.5. The Hall–Kier alpha value is -1.32. The molecule has 0 saturated carbocycles. The Bertz CT molecular complexity index is 366. The predicted octanol–water partition coefficient (Wildman–Crippen LogP) is 3.24. The number of hydrogen-bond donors (Lipinski definition) is 2. The van der Waals surface area contributed by atoms with Crippen molar-refractivity contribution in [2.45, 2.75) is 53.0 Å². The van der Waals surface area contributed by atoms with Crippen molar-refractivity contribution >= 4 is 11.6 Å². The highest BCUT2D eigenvalue weighted by molar-refractivity contribution is 5.48. The van der Waals surface area contributed by atoms with E-state index in [9.17, 15) is 0 Å². The second-order valence-electron chi connectivity index (χ2n) is 5.56. The van der Waals surface area contributed by atoms with Crippen LogP contribution in [0.2, 0.25) is 0 Å². The fourth-order valence-corrected chi connectivity index (χ4v) is 1.44. The van der Waals surface area contributed by atoms with Crippen molar-refractivity contribution in [1.29, 1.82) is 0 Å². The Morgan fingerprint density at radius 1 is 1.18 bits per heavy atom. The van der Waals surface area contributed by atoms with Crippen molar-refractivity contribution in [3.63, 3.8) is 0 Å². The van der Waals surface area contributed by atoms with Crippen LogP contribution in [-0.2, 0) is 0 Å². The van der Waals surface area contributed by atoms with Gasteiger partial charge in [0.1, 0.15) is 17.5 Å². The van der Waals surface area contributed by atoms with E-state index in [1.807, 2.05) is 6.07 Å². The van der Waals surface area contributed by atoms with E-state index in [0.717, 1.165) is 24.0 Å². The highest BCUT2D eigenvalue weighted by Crippen LogP contribution is 2.19.